The molecule has 2 aliphatic heterocycles. The first-order valence-electron chi connectivity index (χ1n) is 11.1. The highest BCUT2D eigenvalue weighted by molar-refractivity contribution is 5.94. The smallest absolute Gasteiger partial charge is 0.274 e. The van der Waals surface area contributed by atoms with Crippen LogP contribution in [-0.4, -0.2) is 84.0 Å². The lowest BCUT2D eigenvalue weighted by molar-refractivity contribution is 0.0373. The fraction of sp³-hybridized carbons (Fsp3) is 0.810. The standard InChI is InChI=1S/C21H35N5O2/c1-24-19-7-6-17(22-8-5-9-25-12-14-28-15-13-25)16-18(19)20(23-24)21(27)26-10-3-2-4-11-26/h17,22H,2-16H2,1H3. The number of nitrogens with one attached hydrogen (secondary N) is 1. The second-order valence-electron chi connectivity index (χ2n) is 8.45. The predicted molar refractivity (Wildman–Crippen MR) is 109 cm³/mol. The molecule has 156 valence electrons. The molecule has 1 amide bonds. The van der Waals surface area contributed by atoms with E-state index in [0.29, 0.717) is 11.7 Å². The number of fused-ring (bicyclic) bond motifs is 1. The van der Waals surface area contributed by atoms with Gasteiger partial charge in [0.1, 0.15) is 0 Å². The number of carbonyl (C=O) groups excluding carboxylic acids is 1. The van der Waals surface area contributed by atoms with Crippen LogP contribution in [0.4, 0.5) is 0 Å². The van der Waals surface area contributed by atoms with E-state index in [0.717, 1.165) is 91.0 Å². The average Bonchev–Trinajstić information content (AvgIpc) is 3.08. The van der Waals surface area contributed by atoms with Crippen molar-refractivity contribution in [3.63, 3.8) is 0 Å². The molecule has 0 radical (unpaired) electrons. The maximum atomic E-state index is 13.0. The minimum absolute atomic E-state index is 0.143. The van der Waals surface area contributed by atoms with Crippen LogP contribution in [0.1, 0.15) is 53.8 Å². The molecule has 1 unspecified atom stereocenters. The monoisotopic (exact) mass is 389 g/mol. The Morgan fingerprint density at radius 3 is 2.75 bits per heavy atom. The summed E-state index contributed by atoms with van der Waals surface area (Å²) in [6.07, 6.45) is 7.70. The van der Waals surface area contributed by atoms with E-state index in [1.54, 1.807) is 0 Å². The summed E-state index contributed by atoms with van der Waals surface area (Å²) in [5.41, 5.74) is 3.15. The minimum Gasteiger partial charge on any atom is -0.379 e. The fourth-order valence-electron chi connectivity index (χ4n) is 4.82. The summed E-state index contributed by atoms with van der Waals surface area (Å²) < 4.78 is 7.36. The maximum Gasteiger partial charge on any atom is 0.274 e. The lowest BCUT2D eigenvalue weighted by atomic mass is 9.91. The number of carbonyl (C=O) groups is 1. The van der Waals surface area contributed by atoms with Gasteiger partial charge in [0, 0.05) is 50.5 Å². The predicted octanol–water partition coefficient (Wildman–Crippen LogP) is 1.22. The van der Waals surface area contributed by atoms with E-state index in [1.807, 2.05) is 16.6 Å². The molecule has 3 aliphatic rings. The zero-order valence-corrected chi connectivity index (χ0v) is 17.3. The molecule has 3 heterocycles. The molecule has 1 aromatic heterocycles. The quantitative estimate of drug-likeness (QED) is 0.741. The molecular weight excluding hydrogens is 354 g/mol. The van der Waals surface area contributed by atoms with Crippen molar-refractivity contribution in [1.29, 1.82) is 0 Å². The Labute approximate surface area is 168 Å². The normalized spacial score (nSPS) is 23.6. The van der Waals surface area contributed by atoms with E-state index in [1.165, 1.54) is 17.7 Å². The lowest BCUT2D eigenvalue weighted by Gasteiger charge is -2.28. The van der Waals surface area contributed by atoms with Crippen LogP contribution < -0.4 is 5.32 Å². The number of ether oxygens (including phenoxy) is 1. The summed E-state index contributed by atoms with van der Waals surface area (Å²) >= 11 is 0. The Morgan fingerprint density at radius 1 is 1.18 bits per heavy atom. The summed E-state index contributed by atoms with van der Waals surface area (Å²) in [5.74, 6) is 0.143. The van der Waals surface area contributed by atoms with Gasteiger partial charge in [-0.3, -0.25) is 14.4 Å². The van der Waals surface area contributed by atoms with Gasteiger partial charge < -0.3 is 15.0 Å². The number of aromatic nitrogens is 2. The van der Waals surface area contributed by atoms with E-state index in [-0.39, 0.29) is 5.91 Å². The van der Waals surface area contributed by atoms with Crippen LogP contribution in [0.15, 0.2) is 0 Å². The number of hydrogen-bond donors (Lipinski definition) is 1. The summed E-state index contributed by atoms with van der Waals surface area (Å²) in [6, 6.07) is 0.453. The van der Waals surface area contributed by atoms with Crippen molar-refractivity contribution in [1.82, 2.24) is 24.9 Å². The molecule has 0 bridgehead atoms. The highest BCUT2D eigenvalue weighted by Gasteiger charge is 2.30. The molecular formula is C21H35N5O2. The minimum atomic E-state index is 0.143. The Morgan fingerprint density at radius 2 is 1.96 bits per heavy atom. The van der Waals surface area contributed by atoms with Crippen LogP contribution in [0.5, 0.6) is 0 Å². The van der Waals surface area contributed by atoms with Crippen molar-refractivity contribution >= 4 is 5.91 Å². The van der Waals surface area contributed by atoms with Crippen molar-refractivity contribution < 1.29 is 9.53 Å². The third-order valence-electron chi connectivity index (χ3n) is 6.49. The Bertz CT molecular complexity index is 662. The van der Waals surface area contributed by atoms with Crippen molar-refractivity contribution in [2.45, 2.75) is 51.0 Å². The first-order chi connectivity index (χ1) is 13.7. The molecule has 0 saturated carbocycles. The Kier molecular flexibility index (Phi) is 6.65. The largest absolute Gasteiger partial charge is 0.379 e. The lowest BCUT2D eigenvalue weighted by Crippen LogP contribution is -2.40. The molecule has 1 aliphatic carbocycles. The second-order valence-corrected chi connectivity index (χ2v) is 8.45. The van der Waals surface area contributed by atoms with Crippen molar-refractivity contribution in [2.24, 2.45) is 7.05 Å². The molecule has 7 nitrogen and oxygen atoms in total. The van der Waals surface area contributed by atoms with Crippen LogP contribution >= 0.6 is 0 Å². The van der Waals surface area contributed by atoms with Gasteiger partial charge in [-0.25, -0.2) is 0 Å². The molecule has 28 heavy (non-hydrogen) atoms. The van der Waals surface area contributed by atoms with Gasteiger partial charge in [0.05, 0.1) is 13.2 Å². The Balaban J connectivity index is 1.31. The van der Waals surface area contributed by atoms with Gasteiger partial charge in [-0.1, -0.05) is 0 Å². The number of aryl methyl sites for hydroxylation is 1. The van der Waals surface area contributed by atoms with Gasteiger partial charge in [-0.15, -0.1) is 0 Å². The van der Waals surface area contributed by atoms with Gasteiger partial charge in [0.2, 0.25) is 0 Å². The molecule has 1 atom stereocenters. The zero-order chi connectivity index (χ0) is 19.3. The van der Waals surface area contributed by atoms with E-state index >= 15 is 0 Å². The van der Waals surface area contributed by atoms with Gasteiger partial charge in [-0.05, 0) is 58.0 Å². The Hall–Kier alpha value is -1.44. The molecule has 7 heteroatoms. The highest BCUT2D eigenvalue weighted by atomic mass is 16.5. The van der Waals surface area contributed by atoms with Crippen molar-refractivity contribution in [3.05, 3.63) is 17.0 Å². The molecule has 2 saturated heterocycles. The fourth-order valence-corrected chi connectivity index (χ4v) is 4.82. The summed E-state index contributed by atoms with van der Waals surface area (Å²) in [6.45, 7) is 7.80. The second kappa shape index (κ2) is 9.37. The van der Waals surface area contributed by atoms with Crippen LogP contribution in [0.2, 0.25) is 0 Å². The molecule has 1 N–H and O–H groups in total. The number of nitrogens with zero attached hydrogens (tertiary/aromatic N) is 4. The first-order valence-corrected chi connectivity index (χ1v) is 11.1. The number of morpholine rings is 1. The maximum absolute atomic E-state index is 13.0. The summed E-state index contributed by atoms with van der Waals surface area (Å²) in [5, 5.41) is 8.38. The van der Waals surface area contributed by atoms with Crippen molar-refractivity contribution in [3.8, 4) is 0 Å². The molecule has 4 rings (SSSR count). The van der Waals surface area contributed by atoms with Crippen LogP contribution in [0, 0.1) is 0 Å². The van der Waals surface area contributed by atoms with Crippen LogP contribution in [0.25, 0.3) is 0 Å². The zero-order valence-electron chi connectivity index (χ0n) is 17.3. The molecule has 0 aromatic carbocycles. The molecule has 1 aromatic rings. The van der Waals surface area contributed by atoms with E-state index in [9.17, 15) is 4.79 Å². The third kappa shape index (κ3) is 4.58. The van der Waals surface area contributed by atoms with Crippen LogP contribution in [0.3, 0.4) is 0 Å². The summed E-state index contributed by atoms with van der Waals surface area (Å²) in [7, 11) is 1.99. The number of amides is 1. The van der Waals surface area contributed by atoms with Crippen molar-refractivity contribution in [2.75, 3.05) is 52.5 Å². The van der Waals surface area contributed by atoms with Gasteiger partial charge in [0.25, 0.3) is 5.91 Å². The van der Waals surface area contributed by atoms with Gasteiger partial charge >= 0.3 is 0 Å². The third-order valence-corrected chi connectivity index (χ3v) is 6.49. The first kappa shape index (κ1) is 19.9. The molecule has 2 fully saturated rings. The van der Waals surface area contributed by atoms with E-state index < -0.39 is 0 Å². The highest BCUT2D eigenvalue weighted by Crippen LogP contribution is 2.26. The summed E-state index contributed by atoms with van der Waals surface area (Å²) in [4.78, 5) is 17.5. The topological polar surface area (TPSA) is 62.6 Å². The number of rotatable bonds is 6. The van der Waals surface area contributed by atoms with Crippen LogP contribution in [-0.2, 0) is 24.6 Å². The van der Waals surface area contributed by atoms with E-state index in [2.05, 4.69) is 15.3 Å². The number of piperidine rings is 1. The SMILES string of the molecule is Cn1nc(C(=O)N2CCCCC2)c2c1CCC(NCCCN1CCOCC1)C2. The van der Waals surface area contributed by atoms with E-state index in [4.69, 9.17) is 4.74 Å². The number of hydrogen-bond acceptors (Lipinski definition) is 5. The van der Waals surface area contributed by atoms with Gasteiger partial charge in [-0.2, -0.15) is 5.10 Å². The molecule has 0 spiro atoms. The van der Waals surface area contributed by atoms with Gasteiger partial charge in [0.15, 0.2) is 5.69 Å². The average molecular weight is 390 g/mol. The number of likely N-dealkylation sites (tertiary alicyclic amines) is 1.